The molecule has 2 aromatic heterocycles. The first kappa shape index (κ1) is 102. The number of hydrogen-bond acceptors (Lipinski definition) is 21. The number of thioether (sulfide) groups is 1. The number of hydrogen-bond donors (Lipinski definition) is 17. The number of likely N-dealkylation sites (N-methyl/N-ethyl adjacent to an activating group) is 3. The number of carbonyl (C=O) groups is 17. The van der Waals surface area contributed by atoms with Crippen LogP contribution >= 0.6 is 11.8 Å². The Morgan fingerprint density at radius 1 is 0.512 bits per heavy atom. The average molecular weight is 1820 g/mol. The van der Waals surface area contributed by atoms with E-state index in [1.165, 1.54) is 67.0 Å². The van der Waals surface area contributed by atoms with E-state index in [2.05, 4.69) is 63.1 Å². The van der Waals surface area contributed by atoms with Crippen LogP contribution in [0.5, 0.6) is 5.75 Å². The van der Waals surface area contributed by atoms with Gasteiger partial charge in [-0.1, -0.05) is 116 Å². The van der Waals surface area contributed by atoms with Crippen LogP contribution in [0.3, 0.4) is 0 Å². The fourth-order valence-corrected chi connectivity index (χ4v) is 17.1. The number of nitrogens with zero attached hydrogens (tertiary/aromatic N) is 5. The number of aromatic amines is 2. The molecule has 8 rings (SSSR count). The topological polar surface area (TPSA) is 571 Å². The molecule has 129 heavy (non-hydrogen) atoms. The van der Waals surface area contributed by atoms with Gasteiger partial charge in [-0.2, -0.15) is 0 Å². The van der Waals surface area contributed by atoms with Gasteiger partial charge in [0.05, 0.1) is 25.3 Å². The molecule has 19 N–H and O–H groups in total. The summed E-state index contributed by atoms with van der Waals surface area (Å²) in [5.74, 6) is -17.4. The average Bonchev–Trinajstić information content (AvgIpc) is 1.55. The van der Waals surface area contributed by atoms with Gasteiger partial charge in [-0.25, -0.2) is 0 Å². The molecule has 14 atom stereocenters. The van der Waals surface area contributed by atoms with Crippen LogP contribution in [0.4, 0.5) is 0 Å². The summed E-state index contributed by atoms with van der Waals surface area (Å²) in [6, 6.07) is -0.995. The quantitative estimate of drug-likeness (QED) is 0.0382. The highest BCUT2D eigenvalue weighted by molar-refractivity contribution is 8.00. The Kier molecular flexibility index (Phi) is 38.7. The third-order valence-corrected chi connectivity index (χ3v) is 24.5. The maximum absolute atomic E-state index is 15.7. The highest BCUT2D eigenvalue weighted by atomic mass is 32.2. The molecule has 0 bridgehead atoms. The first-order valence-corrected chi connectivity index (χ1v) is 45.2. The van der Waals surface area contributed by atoms with Crippen molar-refractivity contribution in [3.63, 3.8) is 0 Å². The highest BCUT2D eigenvalue weighted by Gasteiger charge is 2.46. The van der Waals surface area contributed by atoms with Gasteiger partial charge in [0.1, 0.15) is 90.3 Å². The second-order valence-corrected chi connectivity index (χ2v) is 35.2. The fourth-order valence-electron chi connectivity index (χ4n) is 16.3. The van der Waals surface area contributed by atoms with Gasteiger partial charge in [-0.15, -0.1) is 11.8 Å². The standard InChI is InChI=1S/C89H127N19O20S/c1-11-13-25-69-82(121)97-61(37-49(3)4)79(118)103-68(77(116)94-45-73(91)111)47-129-48-74(112)95-64(39-52-29-31-55(110)32-30-52)85(124)104(8)51(7)76(115)99-66(42-75(113)114)88(127)108-36-19-27-70(108)83(122)96-60(33-34-90)78(117)100-63(38-50(5)6)87(126)107-35-20-28-71(107)84(123)98-62(40-53-43-92-58-23-17-15-21-56(53)58)80(119)102-67(46-109)81(120)101-65(41-54-44-93-59-24-18-16-22-57(54)59)86(125)106(10)72(26-14-12-2)89(128)105(69)9/h15-18,21-24,29-32,43-44,49-51,60-72,92-93,109-110H,11-14,19-20,25-28,33-42,45-48,90H2,1-10H3,(H2,91,111)(H,94,116)(H,95,112)(H,96,122)(H,97,121)(H,98,123)(H,99,115)(H,100,117)(H,101,120)(H,102,119)(H,103,118)(H,113,114)/t51-,60-,61-,62-,63-,64-,65-,66-,67-,68-,69-,70-,71-,72-/m0/s1. The number of rotatable bonds is 24. The number of carboxylic acids is 1. The van der Waals surface area contributed by atoms with Gasteiger partial charge in [0.15, 0.2) is 0 Å². The van der Waals surface area contributed by atoms with Crippen LogP contribution in [0.2, 0.25) is 0 Å². The summed E-state index contributed by atoms with van der Waals surface area (Å²) >= 11 is 0.793. The molecule has 0 aliphatic carbocycles. The molecule has 5 heterocycles. The molecule has 3 aromatic carbocycles. The lowest BCUT2D eigenvalue weighted by atomic mass is 9.99. The lowest BCUT2D eigenvalue weighted by Gasteiger charge is -2.36. The van der Waals surface area contributed by atoms with Crippen molar-refractivity contribution in [2.45, 2.75) is 242 Å². The molecule has 3 aliphatic heterocycles. The van der Waals surface area contributed by atoms with E-state index in [1.54, 1.807) is 88.6 Å². The maximum Gasteiger partial charge on any atom is 0.305 e. The zero-order chi connectivity index (χ0) is 94.6. The number of nitrogens with two attached hydrogens (primary N) is 2. The number of benzene rings is 3. The number of aliphatic hydroxyl groups is 1. The number of phenols is 1. The van der Waals surface area contributed by atoms with E-state index in [4.69, 9.17) is 11.5 Å². The minimum atomic E-state index is -1.86. The van der Waals surface area contributed by atoms with Crippen LogP contribution in [0.25, 0.3) is 21.8 Å². The Bertz CT molecular complexity index is 4810. The number of amides is 16. The maximum atomic E-state index is 15.7. The number of aromatic nitrogens is 2. The van der Waals surface area contributed by atoms with Crippen molar-refractivity contribution in [1.29, 1.82) is 0 Å². The molecular formula is C89H127N19O20S. The van der Waals surface area contributed by atoms with Gasteiger partial charge in [0.25, 0.3) is 0 Å². The number of nitrogens with one attached hydrogen (secondary N) is 12. The fraction of sp³-hybridized carbons (Fsp3) is 0.562. The molecule has 0 spiro atoms. The summed E-state index contributed by atoms with van der Waals surface area (Å²) in [4.78, 5) is 260. The van der Waals surface area contributed by atoms with Crippen LogP contribution < -0.4 is 64.6 Å². The molecule has 3 aliphatic rings. The lowest BCUT2D eigenvalue weighted by Crippen LogP contribution is -2.62. The van der Waals surface area contributed by atoms with Gasteiger partial charge in [-0.05, 0) is 124 Å². The molecule has 704 valence electrons. The molecule has 16 amide bonds. The Morgan fingerprint density at radius 3 is 1.53 bits per heavy atom. The number of carboxylic acid groups (broad SMARTS) is 1. The molecule has 3 fully saturated rings. The van der Waals surface area contributed by atoms with Crippen LogP contribution in [0.1, 0.15) is 155 Å². The first-order chi connectivity index (χ1) is 61.4. The number of primary amides is 1. The minimum absolute atomic E-state index is 0.00350. The number of H-pyrrole nitrogens is 2. The van der Waals surface area contributed by atoms with Crippen molar-refractivity contribution < 1.29 is 96.8 Å². The molecule has 39 nitrogen and oxygen atoms in total. The Morgan fingerprint density at radius 2 is 0.977 bits per heavy atom. The minimum Gasteiger partial charge on any atom is -0.508 e. The van der Waals surface area contributed by atoms with Crippen molar-refractivity contribution in [2.24, 2.45) is 23.3 Å². The van der Waals surface area contributed by atoms with Gasteiger partial charge in [0.2, 0.25) is 94.5 Å². The molecule has 0 radical (unpaired) electrons. The predicted octanol–water partition coefficient (Wildman–Crippen LogP) is -0.135. The van der Waals surface area contributed by atoms with Crippen LogP contribution in [0, 0.1) is 11.8 Å². The van der Waals surface area contributed by atoms with Crippen molar-refractivity contribution in [3.05, 3.63) is 102 Å². The van der Waals surface area contributed by atoms with Crippen molar-refractivity contribution in [3.8, 4) is 5.75 Å². The summed E-state index contributed by atoms with van der Waals surface area (Å²) in [6.07, 6.45) is 3.70. The Balaban J connectivity index is 1.18. The molecule has 5 aromatic rings. The second kappa shape index (κ2) is 48.8. The summed E-state index contributed by atoms with van der Waals surface area (Å²) < 4.78 is 0. The summed E-state index contributed by atoms with van der Waals surface area (Å²) in [6.45, 7) is 10.0. The first-order valence-electron chi connectivity index (χ1n) is 44.1. The highest BCUT2D eigenvalue weighted by Crippen LogP contribution is 2.28. The summed E-state index contributed by atoms with van der Waals surface area (Å²) in [5, 5.41) is 59.5. The second-order valence-electron chi connectivity index (χ2n) is 34.1. The zero-order valence-electron chi connectivity index (χ0n) is 74.9. The van der Waals surface area contributed by atoms with Crippen LogP contribution in [0.15, 0.2) is 85.2 Å². The van der Waals surface area contributed by atoms with E-state index in [-0.39, 0.29) is 114 Å². The Labute approximate surface area is 753 Å². The van der Waals surface area contributed by atoms with E-state index in [9.17, 15) is 63.3 Å². The number of unbranched alkanes of at least 4 members (excludes halogenated alkanes) is 2. The number of phenolic OH excluding ortho intramolecular Hbond substituents is 1. The van der Waals surface area contributed by atoms with Crippen molar-refractivity contribution in [1.82, 2.24) is 87.6 Å². The normalized spacial score (nSPS) is 24.9. The molecular weight excluding hydrogens is 1690 g/mol. The van der Waals surface area contributed by atoms with E-state index in [1.807, 2.05) is 13.8 Å². The van der Waals surface area contributed by atoms with E-state index < -0.39 is 216 Å². The zero-order valence-corrected chi connectivity index (χ0v) is 75.7. The number of aromatic hydroxyl groups is 1. The number of para-hydroxylation sites is 2. The molecule has 3 saturated heterocycles. The number of aliphatic hydroxyl groups excluding tert-OH is 1. The SMILES string of the molecule is CCCC[C@H]1C(=O)N(C)[C@@H](CCCC)C(=O)N[C@@H](CC(C)C)C(=O)N[C@H](C(=O)NCC(N)=O)CSCC(=O)N[C@@H](Cc2ccc(O)cc2)C(=O)N(C)[C@@H](C)C(=O)N[C@@H](CC(=O)O)C(=O)N2CCC[C@H]2C(=O)N[C@@H](CCN)C(=O)N[C@@H](CC(C)C)C(=O)N2CCC[C@H]2C(=O)N[C@@H](Cc2c[nH]c3ccccc23)C(=O)N[C@@H](CO)C(=O)N[C@@H](Cc2c[nH]c3ccccc23)C(=O)N1C. The van der Waals surface area contributed by atoms with Crippen LogP contribution in [-0.2, 0) is 101 Å². The summed E-state index contributed by atoms with van der Waals surface area (Å²) in [7, 11) is 3.97. The van der Waals surface area contributed by atoms with Gasteiger partial charge < -0.3 is 114 Å². The number of carbonyl (C=O) groups excluding carboxylic acids is 16. The van der Waals surface area contributed by atoms with E-state index >= 15 is 33.6 Å². The third-order valence-electron chi connectivity index (χ3n) is 23.5. The third kappa shape index (κ3) is 28.4. The smallest absolute Gasteiger partial charge is 0.305 e. The lowest BCUT2D eigenvalue weighted by molar-refractivity contribution is -0.149. The molecule has 40 heteroatoms. The van der Waals surface area contributed by atoms with Gasteiger partial charge in [0, 0.05) is 93.4 Å². The van der Waals surface area contributed by atoms with Crippen LogP contribution in [-0.4, -0.2) is 300 Å². The monoisotopic (exact) mass is 1810 g/mol. The number of fused-ring (bicyclic) bond motifs is 4. The molecule has 0 saturated carbocycles. The largest absolute Gasteiger partial charge is 0.508 e. The van der Waals surface area contributed by atoms with E-state index in [0.29, 0.717) is 64.2 Å². The van der Waals surface area contributed by atoms with E-state index in [0.717, 1.165) is 21.6 Å². The predicted molar refractivity (Wildman–Crippen MR) is 479 cm³/mol. The van der Waals surface area contributed by atoms with Gasteiger partial charge in [-0.3, -0.25) is 81.5 Å². The Hall–Kier alpha value is -12.2. The molecule has 0 unspecified atom stereocenters. The summed E-state index contributed by atoms with van der Waals surface area (Å²) in [5.41, 5.74) is 14.3. The van der Waals surface area contributed by atoms with Gasteiger partial charge >= 0.3 is 5.97 Å². The number of aliphatic carboxylic acids is 1. The van der Waals surface area contributed by atoms with Crippen molar-refractivity contribution >= 4 is 134 Å². The van der Waals surface area contributed by atoms with Crippen molar-refractivity contribution in [2.75, 3.05) is 65.4 Å².